The molecule has 1 N–H and O–H groups in total. The van der Waals surface area contributed by atoms with Gasteiger partial charge in [0.2, 0.25) is 17.6 Å². The first kappa shape index (κ1) is 18.2. The van der Waals surface area contributed by atoms with Crippen molar-refractivity contribution in [1.29, 1.82) is 0 Å². The molecule has 2 aromatic carbocycles. The molecule has 28 heavy (non-hydrogen) atoms. The molecule has 0 atom stereocenters. The molecule has 0 saturated carbocycles. The topological polar surface area (TPSA) is 88.3 Å². The third-order valence-corrected chi connectivity index (χ3v) is 4.73. The monoisotopic (exact) mass is 396 g/mol. The maximum Gasteiger partial charge on any atom is 0.253 e. The second-order valence-corrected chi connectivity index (χ2v) is 7.07. The number of nitrogens with one attached hydrogen (secondary N) is 1. The van der Waals surface area contributed by atoms with Crippen molar-refractivity contribution >= 4 is 29.1 Å². The predicted octanol–water partition coefficient (Wildman–Crippen LogP) is 3.59. The maximum absolute atomic E-state index is 12.6. The second kappa shape index (κ2) is 7.44. The summed E-state index contributed by atoms with van der Waals surface area (Å²) in [6.45, 7) is 2.47. The molecule has 8 heteroatoms. The molecule has 2 heterocycles. The van der Waals surface area contributed by atoms with Crippen LogP contribution < -0.4 is 5.32 Å². The van der Waals surface area contributed by atoms with Crippen LogP contribution in [-0.2, 0) is 4.79 Å². The molecule has 0 radical (unpaired) electrons. The molecular formula is C20H17ClN4O3. The zero-order valence-electron chi connectivity index (χ0n) is 15.1. The molecule has 1 fully saturated rings. The molecule has 0 unspecified atom stereocenters. The summed E-state index contributed by atoms with van der Waals surface area (Å²) in [6, 6.07) is 14.1. The van der Waals surface area contributed by atoms with Gasteiger partial charge in [0.15, 0.2) is 0 Å². The van der Waals surface area contributed by atoms with Crippen LogP contribution >= 0.6 is 11.6 Å². The minimum Gasteiger partial charge on any atom is -0.339 e. The number of amides is 2. The van der Waals surface area contributed by atoms with Crippen LogP contribution in [0.25, 0.3) is 11.4 Å². The minimum atomic E-state index is -0.152. The van der Waals surface area contributed by atoms with E-state index in [1.165, 1.54) is 6.92 Å². The molecule has 1 saturated heterocycles. The highest BCUT2D eigenvalue weighted by Crippen LogP contribution is 2.29. The highest BCUT2D eigenvalue weighted by Gasteiger charge is 2.36. The number of hydrogen-bond donors (Lipinski definition) is 1. The number of aromatic nitrogens is 2. The van der Waals surface area contributed by atoms with Crippen molar-refractivity contribution in [3.8, 4) is 11.4 Å². The summed E-state index contributed by atoms with van der Waals surface area (Å²) in [7, 11) is 0. The third kappa shape index (κ3) is 3.75. The third-order valence-electron chi connectivity index (χ3n) is 4.49. The van der Waals surface area contributed by atoms with Crippen molar-refractivity contribution in [3.05, 3.63) is 65.0 Å². The Labute approximate surface area is 166 Å². The van der Waals surface area contributed by atoms with E-state index in [9.17, 15) is 9.59 Å². The number of benzene rings is 2. The van der Waals surface area contributed by atoms with E-state index in [2.05, 4.69) is 15.5 Å². The summed E-state index contributed by atoms with van der Waals surface area (Å²) < 4.78 is 5.37. The van der Waals surface area contributed by atoms with Crippen LogP contribution in [0.1, 0.15) is 29.1 Å². The van der Waals surface area contributed by atoms with Crippen molar-refractivity contribution in [3.63, 3.8) is 0 Å². The lowest BCUT2D eigenvalue weighted by atomic mass is 9.98. The van der Waals surface area contributed by atoms with Gasteiger partial charge in [0.25, 0.3) is 5.91 Å². The van der Waals surface area contributed by atoms with Gasteiger partial charge in [-0.05, 0) is 36.4 Å². The Hall–Kier alpha value is -3.19. The molecule has 0 spiro atoms. The molecule has 4 rings (SSSR count). The van der Waals surface area contributed by atoms with Crippen LogP contribution in [0.2, 0.25) is 5.02 Å². The number of halogens is 1. The Morgan fingerprint density at radius 1 is 1.18 bits per heavy atom. The van der Waals surface area contributed by atoms with Crippen LogP contribution in [0.3, 0.4) is 0 Å². The van der Waals surface area contributed by atoms with E-state index >= 15 is 0 Å². The van der Waals surface area contributed by atoms with Gasteiger partial charge in [-0.25, -0.2) is 0 Å². The van der Waals surface area contributed by atoms with Crippen LogP contribution in [0, 0.1) is 0 Å². The molecular weight excluding hydrogens is 380 g/mol. The number of hydrogen-bond acceptors (Lipinski definition) is 5. The molecule has 7 nitrogen and oxygen atoms in total. The van der Waals surface area contributed by atoms with Crippen LogP contribution in [0.4, 0.5) is 5.69 Å². The van der Waals surface area contributed by atoms with Crippen LogP contribution in [0.5, 0.6) is 0 Å². The Balaban J connectivity index is 1.38. The van der Waals surface area contributed by atoms with Crippen LogP contribution in [0.15, 0.2) is 53.1 Å². The van der Waals surface area contributed by atoms with Gasteiger partial charge in [-0.1, -0.05) is 28.9 Å². The fraction of sp³-hybridized carbons (Fsp3) is 0.200. The highest BCUT2D eigenvalue weighted by molar-refractivity contribution is 6.30. The van der Waals surface area contributed by atoms with Gasteiger partial charge < -0.3 is 14.7 Å². The van der Waals surface area contributed by atoms with E-state index in [0.717, 1.165) is 5.56 Å². The zero-order valence-corrected chi connectivity index (χ0v) is 15.8. The van der Waals surface area contributed by atoms with Crippen molar-refractivity contribution < 1.29 is 14.1 Å². The average molecular weight is 397 g/mol. The number of carbonyl (C=O) groups is 2. The first-order valence-electron chi connectivity index (χ1n) is 8.76. The fourth-order valence-corrected chi connectivity index (χ4v) is 3.22. The molecule has 0 bridgehead atoms. The Morgan fingerprint density at radius 2 is 1.93 bits per heavy atom. The van der Waals surface area contributed by atoms with Crippen molar-refractivity contribution in [2.75, 3.05) is 18.4 Å². The van der Waals surface area contributed by atoms with E-state index in [4.69, 9.17) is 16.1 Å². The highest BCUT2D eigenvalue weighted by atomic mass is 35.5. The van der Waals surface area contributed by atoms with Crippen molar-refractivity contribution in [2.45, 2.75) is 12.8 Å². The summed E-state index contributed by atoms with van der Waals surface area (Å²) in [5.41, 5.74) is 2.01. The summed E-state index contributed by atoms with van der Waals surface area (Å²) in [5, 5.41) is 7.29. The molecule has 1 aromatic heterocycles. The van der Waals surface area contributed by atoms with E-state index in [0.29, 0.717) is 41.1 Å². The first-order chi connectivity index (χ1) is 13.5. The number of likely N-dealkylation sites (tertiary alicyclic amines) is 1. The molecule has 0 aliphatic carbocycles. The standard InChI is InChI=1S/C20H17ClN4O3/c1-12(26)22-17-7-5-13(6-8-17)20(27)25-10-15(11-25)19-23-18(24-28-19)14-3-2-4-16(21)9-14/h2-9,15H,10-11H2,1H3,(H,22,26). The molecule has 2 amide bonds. The van der Waals surface area contributed by atoms with E-state index < -0.39 is 0 Å². The summed E-state index contributed by atoms with van der Waals surface area (Å²) in [5.74, 6) is 0.792. The van der Waals surface area contributed by atoms with E-state index in [1.54, 1.807) is 41.3 Å². The quantitative estimate of drug-likeness (QED) is 0.728. The molecule has 142 valence electrons. The van der Waals surface area contributed by atoms with Gasteiger partial charge >= 0.3 is 0 Å². The summed E-state index contributed by atoms with van der Waals surface area (Å²) in [4.78, 5) is 29.8. The number of carbonyl (C=O) groups excluding carboxylic acids is 2. The number of nitrogens with zero attached hydrogens (tertiary/aromatic N) is 3. The van der Waals surface area contributed by atoms with Crippen molar-refractivity contribution in [1.82, 2.24) is 15.0 Å². The van der Waals surface area contributed by atoms with E-state index in [-0.39, 0.29) is 17.7 Å². The minimum absolute atomic E-state index is 0.0167. The SMILES string of the molecule is CC(=O)Nc1ccc(C(=O)N2CC(c3nc(-c4cccc(Cl)c4)no3)C2)cc1. The summed E-state index contributed by atoms with van der Waals surface area (Å²) >= 11 is 6.00. The fourth-order valence-electron chi connectivity index (χ4n) is 3.03. The van der Waals surface area contributed by atoms with Gasteiger partial charge in [0.05, 0.1) is 5.92 Å². The molecule has 3 aromatic rings. The predicted molar refractivity (Wildman–Crippen MR) is 104 cm³/mol. The molecule has 1 aliphatic rings. The number of anilines is 1. The second-order valence-electron chi connectivity index (χ2n) is 6.63. The largest absolute Gasteiger partial charge is 0.339 e. The van der Waals surface area contributed by atoms with Gasteiger partial charge in [0, 0.05) is 41.9 Å². The van der Waals surface area contributed by atoms with Gasteiger partial charge in [-0.15, -0.1) is 0 Å². The van der Waals surface area contributed by atoms with Crippen LogP contribution in [-0.4, -0.2) is 39.9 Å². The summed E-state index contributed by atoms with van der Waals surface area (Å²) in [6.07, 6.45) is 0. The first-order valence-corrected chi connectivity index (χ1v) is 9.14. The Bertz CT molecular complexity index is 1030. The van der Waals surface area contributed by atoms with Crippen molar-refractivity contribution in [2.24, 2.45) is 0 Å². The van der Waals surface area contributed by atoms with Gasteiger partial charge in [-0.3, -0.25) is 9.59 Å². The lowest BCUT2D eigenvalue weighted by Crippen LogP contribution is -2.48. The zero-order chi connectivity index (χ0) is 19.7. The van der Waals surface area contributed by atoms with Gasteiger partial charge in [0.1, 0.15) is 0 Å². The average Bonchev–Trinajstić information content (AvgIpc) is 3.10. The van der Waals surface area contributed by atoms with E-state index in [1.807, 2.05) is 12.1 Å². The number of rotatable bonds is 4. The Kier molecular flexibility index (Phi) is 4.83. The normalized spacial score (nSPS) is 13.9. The Morgan fingerprint density at radius 3 is 2.61 bits per heavy atom. The maximum atomic E-state index is 12.6. The molecule has 1 aliphatic heterocycles. The lowest BCUT2D eigenvalue weighted by Gasteiger charge is -2.37. The smallest absolute Gasteiger partial charge is 0.253 e. The van der Waals surface area contributed by atoms with Gasteiger partial charge in [-0.2, -0.15) is 4.98 Å². The lowest BCUT2D eigenvalue weighted by molar-refractivity contribution is -0.114.